The molecule has 0 amide bonds. The largest absolute Gasteiger partial charge is 0.484 e. The molecule has 1 fully saturated rings. The van der Waals surface area contributed by atoms with Crippen molar-refractivity contribution in [3.8, 4) is 5.75 Å². The Labute approximate surface area is 193 Å². The third-order valence-electron chi connectivity index (χ3n) is 5.37. The van der Waals surface area contributed by atoms with Gasteiger partial charge in [0.15, 0.2) is 0 Å². The second-order valence-corrected chi connectivity index (χ2v) is 8.40. The van der Waals surface area contributed by atoms with E-state index in [9.17, 15) is 13.2 Å². The number of hydrogen-bond acceptors (Lipinski definition) is 4. The Bertz CT molecular complexity index is 1080. The van der Waals surface area contributed by atoms with Crippen LogP contribution < -0.4 is 4.74 Å². The number of alkyl halides is 3. The molecule has 1 saturated heterocycles. The van der Waals surface area contributed by atoms with Crippen LogP contribution >= 0.6 is 23.2 Å². The maximum Gasteiger partial charge on any atom is 0.416 e. The molecule has 0 atom stereocenters. The Morgan fingerprint density at radius 2 is 1.81 bits per heavy atom. The highest BCUT2D eigenvalue weighted by Crippen LogP contribution is 2.32. The number of imidazole rings is 1. The molecule has 3 aromatic rings. The van der Waals surface area contributed by atoms with Crippen LogP contribution in [-0.4, -0.2) is 47.3 Å². The Balaban J connectivity index is 1.57. The molecule has 5 nitrogen and oxygen atoms in total. The number of ether oxygens (including phenoxy) is 2. The van der Waals surface area contributed by atoms with Crippen LogP contribution in [0.4, 0.5) is 13.2 Å². The van der Waals surface area contributed by atoms with Crippen molar-refractivity contribution in [2.24, 2.45) is 0 Å². The van der Waals surface area contributed by atoms with Crippen molar-refractivity contribution < 1.29 is 22.6 Å². The second-order valence-electron chi connectivity index (χ2n) is 7.55. The predicted octanol–water partition coefficient (Wildman–Crippen LogP) is 5.66. The van der Waals surface area contributed by atoms with E-state index in [0.29, 0.717) is 33.7 Å². The van der Waals surface area contributed by atoms with Crippen molar-refractivity contribution in [2.45, 2.75) is 25.7 Å². The predicted molar refractivity (Wildman–Crippen MR) is 117 cm³/mol. The third-order valence-corrected chi connectivity index (χ3v) is 5.90. The first kappa shape index (κ1) is 23.2. The van der Waals surface area contributed by atoms with Crippen molar-refractivity contribution in [1.82, 2.24) is 14.5 Å². The van der Waals surface area contributed by atoms with Crippen molar-refractivity contribution in [2.75, 3.05) is 32.8 Å². The molecule has 172 valence electrons. The maximum absolute atomic E-state index is 13.2. The second kappa shape index (κ2) is 9.87. The van der Waals surface area contributed by atoms with Crippen molar-refractivity contribution in [3.05, 3.63) is 57.8 Å². The minimum atomic E-state index is -4.43. The van der Waals surface area contributed by atoms with Gasteiger partial charge in [0.1, 0.15) is 18.2 Å². The molecule has 0 spiro atoms. The number of hydrogen-bond donors (Lipinski definition) is 0. The highest BCUT2D eigenvalue weighted by molar-refractivity contribution is 6.35. The lowest BCUT2D eigenvalue weighted by atomic mass is 10.2. The van der Waals surface area contributed by atoms with E-state index < -0.39 is 11.7 Å². The number of nitrogens with zero attached hydrogens (tertiary/aromatic N) is 3. The molecular weight excluding hydrogens is 466 g/mol. The molecule has 2 aromatic carbocycles. The highest BCUT2D eigenvalue weighted by atomic mass is 35.5. The van der Waals surface area contributed by atoms with Crippen molar-refractivity contribution >= 4 is 34.2 Å². The van der Waals surface area contributed by atoms with Crippen molar-refractivity contribution in [3.63, 3.8) is 0 Å². The Hall–Kier alpha value is -2.00. The molecule has 0 N–H and O–H groups in total. The fourth-order valence-electron chi connectivity index (χ4n) is 3.73. The first-order valence-corrected chi connectivity index (χ1v) is 11.0. The molecule has 1 aliphatic heterocycles. The number of aromatic nitrogens is 2. The number of fused-ring (bicyclic) bond motifs is 1. The van der Waals surface area contributed by atoms with Crippen LogP contribution in [0.15, 0.2) is 36.4 Å². The summed E-state index contributed by atoms with van der Waals surface area (Å²) in [7, 11) is 0. The summed E-state index contributed by atoms with van der Waals surface area (Å²) in [6.45, 7) is 4.73. The summed E-state index contributed by atoms with van der Waals surface area (Å²) in [5.41, 5.74) is 0.198. The van der Waals surface area contributed by atoms with Crippen LogP contribution in [0, 0.1) is 0 Å². The van der Waals surface area contributed by atoms with Gasteiger partial charge in [-0.3, -0.25) is 4.90 Å². The Morgan fingerprint density at radius 3 is 2.53 bits per heavy atom. The summed E-state index contributed by atoms with van der Waals surface area (Å²) in [6.07, 6.45) is -3.61. The topological polar surface area (TPSA) is 39.5 Å². The average molecular weight is 488 g/mol. The minimum absolute atomic E-state index is 0.0644. The SMILES string of the molecule is FC(F)(F)c1ccc2c(c1)nc(COc1ccc(Cl)cc1Cl)n2CCCN1CCOCC1. The summed E-state index contributed by atoms with van der Waals surface area (Å²) in [4.78, 5) is 6.76. The van der Waals surface area contributed by atoms with Crippen LogP contribution in [-0.2, 0) is 24.1 Å². The highest BCUT2D eigenvalue weighted by Gasteiger charge is 2.31. The van der Waals surface area contributed by atoms with Gasteiger partial charge >= 0.3 is 6.18 Å². The fraction of sp³-hybridized carbons (Fsp3) is 0.409. The molecule has 10 heteroatoms. The van der Waals surface area contributed by atoms with E-state index in [4.69, 9.17) is 32.7 Å². The fourth-order valence-corrected chi connectivity index (χ4v) is 4.19. The number of benzene rings is 2. The summed E-state index contributed by atoms with van der Waals surface area (Å²) >= 11 is 12.1. The lowest BCUT2D eigenvalue weighted by Crippen LogP contribution is -2.37. The number of rotatable bonds is 7. The van der Waals surface area contributed by atoms with Crippen LogP contribution in [0.25, 0.3) is 11.0 Å². The van der Waals surface area contributed by atoms with Gasteiger partial charge in [-0.05, 0) is 42.8 Å². The van der Waals surface area contributed by atoms with Gasteiger partial charge in [0.2, 0.25) is 0 Å². The molecule has 0 radical (unpaired) electrons. The van der Waals surface area contributed by atoms with E-state index in [-0.39, 0.29) is 12.1 Å². The molecule has 0 bridgehead atoms. The quantitative estimate of drug-likeness (QED) is 0.430. The lowest BCUT2D eigenvalue weighted by molar-refractivity contribution is -0.137. The number of aryl methyl sites for hydroxylation is 1. The number of morpholine rings is 1. The molecule has 1 aromatic heterocycles. The normalized spacial score (nSPS) is 15.4. The standard InChI is InChI=1S/C22H22Cl2F3N3O2/c23-16-3-5-20(17(24)13-16)32-14-21-28-18-12-15(22(25,26)27)2-4-19(18)30(21)7-1-6-29-8-10-31-11-9-29/h2-5,12-13H,1,6-11,14H2. The Morgan fingerprint density at radius 1 is 1.03 bits per heavy atom. The van der Waals surface area contributed by atoms with Crippen LogP contribution in [0.3, 0.4) is 0 Å². The van der Waals surface area contributed by atoms with Gasteiger partial charge in [0, 0.05) is 31.2 Å². The molecule has 1 aliphatic rings. The molecular formula is C22H22Cl2F3N3O2. The summed E-state index contributed by atoms with van der Waals surface area (Å²) in [6, 6.07) is 8.51. The van der Waals surface area contributed by atoms with Crippen LogP contribution in [0.5, 0.6) is 5.75 Å². The Kier molecular flexibility index (Phi) is 7.14. The van der Waals surface area contributed by atoms with Gasteiger partial charge in [-0.2, -0.15) is 13.2 Å². The zero-order chi connectivity index (χ0) is 22.7. The zero-order valence-electron chi connectivity index (χ0n) is 17.2. The van der Waals surface area contributed by atoms with E-state index >= 15 is 0 Å². The summed E-state index contributed by atoms with van der Waals surface area (Å²) in [5, 5.41) is 0.837. The maximum atomic E-state index is 13.2. The third kappa shape index (κ3) is 5.49. The van der Waals surface area contributed by atoms with Crippen LogP contribution in [0.2, 0.25) is 10.0 Å². The summed E-state index contributed by atoms with van der Waals surface area (Å²) in [5.74, 6) is 0.964. The molecule has 0 unspecified atom stereocenters. The average Bonchev–Trinajstić information content (AvgIpc) is 3.10. The van der Waals surface area contributed by atoms with Gasteiger partial charge in [-0.25, -0.2) is 4.98 Å². The minimum Gasteiger partial charge on any atom is -0.484 e. The van der Waals surface area contributed by atoms with E-state index in [1.807, 2.05) is 4.57 Å². The monoisotopic (exact) mass is 487 g/mol. The van der Waals surface area contributed by atoms with Gasteiger partial charge < -0.3 is 14.0 Å². The van der Waals surface area contributed by atoms with Gasteiger partial charge in [-0.15, -0.1) is 0 Å². The first-order valence-electron chi connectivity index (χ1n) is 10.3. The van der Waals surface area contributed by atoms with E-state index in [1.54, 1.807) is 18.2 Å². The summed E-state index contributed by atoms with van der Waals surface area (Å²) < 4.78 is 52.6. The van der Waals surface area contributed by atoms with E-state index in [2.05, 4.69) is 9.88 Å². The van der Waals surface area contributed by atoms with Crippen LogP contribution in [0.1, 0.15) is 17.8 Å². The smallest absolute Gasteiger partial charge is 0.416 e. The van der Waals surface area contributed by atoms with Crippen molar-refractivity contribution in [1.29, 1.82) is 0 Å². The van der Waals surface area contributed by atoms with Gasteiger partial charge in [0.25, 0.3) is 0 Å². The van der Waals surface area contributed by atoms with E-state index in [1.165, 1.54) is 6.07 Å². The van der Waals surface area contributed by atoms with E-state index in [0.717, 1.165) is 51.4 Å². The first-order chi connectivity index (χ1) is 15.3. The van der Waals surface area contributed by atoms with Gasteiger partial charge in [-0.1, -0.05) is 23.2 Å². The molecule has 0 aliphatic carbocycles. The zero-order valence-corrected chi connectivity index (χ0v) is 18.7. The lowest BCUT2D eigenvalue weighted by Gasteiger charge is -2.26. The number of halogens is 5. The molecule has 2 heterocycles. The molecule has 4 rings (SSSR count). The molecule has 0 saturated carbocycles. The van der Waals surface area contributed by atoms with Gasteiger partial charge in [0.05, 0.1) is 34.8 Å². The molecule has 32 heavy (non-hydrogen) atoms.